The van der Waals surface area contributed by atoms with E-state index in [0.29, 0.717) is 5.95 Å². The van der Waals surface area contributed by atoms with E-state index in [1.165, 1.54) is 5.56 Å². The van der Waals surface area contributed by atoms with Gasteiger partial charge in [-0.3, -0.25) is 0 Å². The average Bonchev–Trinajstić information content (AvgIpc) is 3.16. The Morgan fingerprint density at radius 3 is 2.76 bits per heavy atom. The quantitative estimate of drug-likeness (QED) is 0.793. The molecular formula is C19H19N5O. The van der Waals surface area contributed by atoms with Crippen molar-refractivity contribution in [3.63, 3.8) is 0 Å². The van der Waals surface area contributed by atoms with E-state index in [4.69, 9.17) is 4.74 Å². The van der Waals surface area contributed by atoms with Crippen LogP contribution in [-0.4, -0.2) is 27.3 Å². The Morgan fingerprint density at radius 2 is 2.00 bits per heavy atom. The van der Waals surface area contributed by atoms with Crippen molar-refractivity contribution < 1.29 is 4.74 Å². The van der Waals surface area contributed by atoms with Crippen molar-refractivity contribution in [2.75, 3.05) is 12.4 Å². The number of rotatable bonds is 4. The fraction of sp³-hybridized carbons (Fsp3) is 0.211. The third kappa shape index (κ3) is 2.87. The minimum atomic E-state index is -0.0952. The summed E-state index contributed by atoms with van der Waals surface area (Å²) in [5.41, 5.74) is 4.49. The van der Waals surface area contributed by atoms with Crippen molar-refractivity contribution >= 4 is 11.6 Å². The highest BCUT2D eigenvalue weighted by Crippen LogP contribution is 2.32. The van der Waals surface area contributed by atoms with E-state index in [1.54, 1.807) is 11.8 Å². The SMILES string of the molecule is CCc1ccc(C2=CC(c3cccc(OC)c3)n3nnnc3N2)cc1. The van der Waals surface area contributed by atoms with Crippen LogP contribution in [-0.2, 0) is 6.42 Å². The molecule has 1 N–H and O–H groups in total. The van der Waals surface area contributed by atoms with Gasteiger partial charge in [0.15, 0.2) is 0 Å². The molecule has 0 fully saturated rings. The molecule has 126 valence electrons. The lowest BCUT2D eigenvalue weighted by Crippen LogP contribution is -2.20. The Kier molecular flexibility index (Phi) is 3.93. The first-order chi connectivity index (χ1) is 12.3. The standard InChI is InChI=1S/C19H19N5O/c1-3-13-7-9-14(10-8-13)17-12-18(24-19(20-17)21-22-23-24)15-5-4-6-16(11-15)25-2/h4-12,18H,3H2,1-2H3,(H,20,21,23). The Bertz CT molecular complexity index is 914. The van der Waals surface area contributed by atoms with Gasteiger partial charge >= 0.3 is 0 Å². The molecule has 0 spiro atoms. The summed E-state index contributed by atoms with van der Waals surface area (Å²) in [5.74, 6) is 1.44. The molecule has 25 heavy (non-hydrogen) atoms. The van der Waals surface area contributed by atoms with Gasteiger partial charge in [-0.1, -0.05) is 48.4 Å². The molecule has 6 nitrogen and oxygen atoms in total. The van der Waals surface area contributed by atoms with Crippen LogP contribution >= 0.6 is 0 Å². The summed E-state index contributed by atoms with van der Waals surface area (Å²) in [6.07, 6.45) is 3.16. The van der Waals surface area contributed by atoms with E-state index in [9.17, 15) is 0 Å². The van der Waals surface area contributed by atoms with E-state index in [-0.39, 0.29) is 6.04 Å². The number of tetrazole rings is 1. The van der Waals surface area contributed by atoms with Gasteiger partial charge in [-0.15, -0.1) is 0 Å². The smallest absolute Gasteiger partial charge is 0.248 e. The third-order valence-electron chi connectivity index (χ3n) is 4.44. The summed E-state index contributed by atoms with van der Waals surface area (Å²) in [6.45, 7) is 2.15. The summed E-state index contributed by atoms with van der Waals surface area (Å²) in [6, 6.07) is 16.4. The van der Waals surface area contributed by atoms with Crippen LogP contribution in [0.5, 0.6) is 5.75 Å². The molecule has 0 aliphatic carbocycles. The van der Waals surface area contributed by atoms with Gasteiger partial charge in [0.2, 0.25) is 5.95 Å². The number of anilines is 1. The van der Waals surface area contributed by atoms with Crippen LogP contribution in [0, 0.1) is 0 Å². The van der Waals surface area contributed by atoms with Crippen LogP contribution in [0.3, 0.4) is 0 Å². The molecule has 0 bridgehead atoms. The summed E-state index contributed by atoms with van der Waals surface area (Å²) < 4.78 is 7.13. The van der Waals surface area contributed by atoms with Gasteiger partial charge in [0, 0.05) is 5.70 Å². The second kappa shape index (κ2) is 6.39. The van der Waals surface area contributed by atoms with Gasteiger partial charge in [0.1, 0.15) is 11.8 Å². The number of hydrogen-bond acceptors (Lipinski definition) is 5. The molecule has 1 atom stereocenters. The number of benzene rings is 2. The van der Waals surface area contributed by atoms with Gasteiger partial charge < -0.3 is 10.1 Å². The van der Waals surface area contributed by atoms with Crippen molar-refractivity contribution in [3.8, 4) is 5.75 Å². The lowest BCUT2D eigenvalue weighted by Gasteiger charge is -2.23. The zero-order valence-corrected chi connectivity index (χ0v) is 14.2. The van der Waals surface area contributed by atoms with E-state index in [2.05, 4.69) is 64.2 Å². The molecule has 0 amide bonds. The first kappa shape index (κ1) is 15.4. The van der Waals surface area contributed by atoms with Crippen LogP contribution in [0.15, 0.2) is 54.6 Å². The lowest BCUT2D eigenvalue weighted by molar-refractivity contribution is 0.413. The molecule has 2 aromatic carbocycles. The Hall–Kier alpha value is -3.15. The fourth-order valence-corrected chi connectivity index (χ4v) is 3.01. The largest absolute Gasteiger partial charge is 0.497 e. The highest BCUT2D eigenvalue weighted by atomic mass is 16.5. The van der Waals surface area contributed by atoms with E-state index in [0.717, 1.165) is 29.0 Å². The van der Waals surface area contributed by atoms with Crippen LogP contribution < -0.4 is 10.1 Å². The number of nitrogens with one attached hydrogen (secondary N) is 1. The number of methoxy groups -OCH3 is 1. The summed E-state index contributed by atoms with van der Waals surface area (Å²) in [5, 5.41) is 15.4. The monoisotopic (exact) mass is 333 g/mol. The second-order valence-corrected chi connectivity index (χ2v) is 5.92. The number of hydrogen-bond donors (Lipinski definition) is 1. The maximum Gasteiger partial charge on any atom is 0.248 e. The van der Waals surface area contributed by atoms with Gasteiger partial charge in [-0.2, -0.15) is 4.68 Å². The molecule has 1 aliphatic heterocycles. The zero-order chi connectivity index (χ0) is 17.2. The molecule has 6 heteroatoms. The predicted molar refractivity (Wildman–Crippen MR) is 96.4 cm³/mol. The molecular weight excluding hydrogens is 314 g/mol. The highest BCUT2D eigenvalue weighted by Gasteiger charge is 2.24. The van der Waals surface area contributed by atoms with Crippen molar-refractivity contribution in [2.45, 2.75) is 19.4 Å². The number of fused-ring (bicyclic) bond motifs is 1. The van der Waals surface area contributed by atoms with E-state index < -0.39 is 0 Å². The predicted octanol–water partition coefficient (Wildman–Crippen LogP) is 3.30. The van der Waals surface area contributed by atoms with Crippen molar-refractivity contribution in [1.29, 1.82) is 0 Å². The maximum atomic E-state index is 5.35. The lowest BCUT2D eigenvalue weighted by atomic mass is 10.0. The van der Waals surface area contributed by atoms with Crippen molar-refractivity contribution in [1.82, 2.24) is 20.2 Å². The van der Waals surface area contributed by atoms with Gasteiger partial charge in [-0.25, -0.2) is 0 Å². The summed E-state index contributed by atoms with van der Waals surface area (Å²) >= 11 is 0. The first-order valence-corrected chi connectivity index (χ1v) is 8.28. The summed E-state index contributed by atoms with van der Waals surface area (Å²) in [7, 11) is 1.67. The summed E-state index contributed by atoms with van der Waals surface area (Å²) in [4.78, 5) is 0. The Balaban J connectivity index is 1.77. The van der Waals surface area contributed by atoms with Gasteiger partial charge in [-0.05, 0) is 51.7 Å². The zero-order valence-electron chi connectivity index (χ0n) is 14.2. The van der Waals surface area contributed by atoms with Crippen molar-refractivity contribution in [2.24, 2.45) is 0 Å². The number of nitrogens with zero attached hydrogens (tertiary/aromatic N) is 4. The van der Waals surface area contributed by atoms with Gasteiger partial charge in [0.05, 0.1) is 7.11 Å². The Labute approximate surface area is 146 Å². The van der Waals surface area contributed by atoms with Crippen LogP contribution in [0.2, 0.25) is 0 Å². The fourth-order valence-electron chi connectivity index (χ4n) is 3.01. The second-order valence-electron chi connectivity index (χ2n) is 5.92. The average molecular weight is 333 g/mol. The highest BCUT2D eigenvalue weighted by molar-refractivity contribution is 5.77. The minimum Gasteiger partial charge on any atom is -0.497 e. The molecule has 0 saturated heterocycles. The van der Waals surface area contributed by atoms with E-state index in [1.807, 2.05) is 18.2 Å². The molecule has 1 aromatic heterocycles. The van der Waals surface area contributed by atoms with Gasteiger partial charge in [0.25, 0.3) is 0 Å². The number of allylic oxidation sites excluding steroid dienone is 1. The van der Waals surface area contributed by atoms with Crippen molar-refractivity contribution in [3.05, 3.63) is 71.3 Å². The molecule has 0 saturated carbocycles. The molecule has 3 aromatic rings. The first-order valence-electron chi connectivity index (χ1n) is 8.28. The number of aromatic nitrogens is 4. The third-order valence-corrected chi connectivity index (χ3v) is 4.44. The molecule has 2 heterocycles. The Morgan fingerprint density at radius 1 is 1.16 bits per heavy atom. The normalized spacial score (nSPS) is 15.9. The number of aryl methyl sites for hydroxylation is 1. The van der Waals surface area contributed by atoms with Crippen LogP contribution in [0.25, 0.3) is 5.70 Å². The topological polar surface area (TPSA) is 64.9 Å². The maximum absolute atomic E-state index is 5.35. The molecule has 4 rings (SSSR count). The van der Waals surface area contributed by atoms with Crippen LogP contribution in [0.4, 0.5) is 5.95 Å². The molecule has 0 radical (unpaired) electrons. The molecule has 1 aliphatic rings. The minimum absolute atomic E-state index is 0.0952. The number of ether oxygens (including phenoxy) is 1. The molecule has 1 unspecified atom stereocenters. The van der Waals surface area contributed by atoms with Crippen LogP contribution in [0.1, 0.15) is 29.7 Å². The van der Waals surface area contributed by atoms with E-state index >= 15 is 0 Å².